The molecule has 6 nitrogen and oxygen atoms in total. The molecule has 96 valence electrons. The van der Waals surface area contributed by atoms with E-state index in [2.05, 4.69) is 34.3 Å². The molecule has 0 saturated carbocycles. The number of hydrogen-bond donors (Lipinski definition) is 1. The molecule has 0 fully saturated rings. The zero-order valence-electron chi connectivity index (χ0n) is 10.6. The van der Waals surface area contributed by atoms with Gasteiger partial charge in [-0.15, -0.1) is 5.10 Å². The third-order valence-electron chi connectivity index (χ3n) is 2.90. The zero-order chi connectivity index (χ0) is 13.0. The minimum atomic E-state index is 0.172. The van der Waals surface area contributed by atoms with E-state index < -0.39 is 0 Å². The smallest absolute Gasteiger partial charge is 0.170 e. The predicted molar refractivity (Wildman–Crippen MR) is 67.4 cm³/mol. The molecule has 0 atom stereocenters. The lowest BCUT2D eigenvalue weighted by molar-refractivity contribution is 0.285. The fourth-order valence-electron chi connectivity index (χ4n) is 1.78. The molecule has 0 radical (unpaired) electrons. The van der Waals surface area contributed by atoms with Crippen molar-refractivity contribution in [2.75, 3.05) is 13.1 Å². The standard InChI is InChI=1S/C12H17N5O/c1-3-16(4-2)9-12-13-14-15-17(12)10-7-5-6-8-11(10)18/h5-8,18H,3-4,9H2,1-2H3. The molecule has 0 unspecified atom stereocenters. The molecule has 0 aliphatic heterocycles. The Hall–Kier alpha value is -1.95. The van der Waals surface area contributed by atoms with E-state index in [1.807, 2.05) is 6.07 Å². The van der Waals surface area contributed by atoms with Gasteiger partial charge in [0.1, 0.15) is 11.4 Å². The lowest BCUT2D eigenvalue weighted by Crippen LogP contribution is -2.24. The van der Waals surface area contributed by atoms with Crippen molar-refractivity contribution in [3.8, 4) is 11.4 Å². The minimum Gasteiger partial charge on any atom is -0.506 e. The molecule has 0 amide bonds. The van der Waals surface area contributed by atoms with Crippen molar-refractivity contribution in [2.45, 2.75) is 20.4 Å². The second kappa shape index (κ2) is 5.59. The fourth-order valence-corrected chi connectivity index (χ4v) is 1.78. The molecule has 6 heteroatoms. The summed E-state index contributed by atoms with van der Waals surface area (Å²) in [5, 5.41) is 21.5. The molecule has 0 saturated heterocycles. The second-order valence-corrected chi connectivity index (χ2v) is 3.96. The number of hydrogen-bond acceptors (Lipinski definition) is 5. The first-order valence-corrected chi connectivity index (χ1v) is 6.04. The number of nitrogens with zero attached hydrogens (tertiary/aromatic N) is 5. The molecule has 18 heavy (non-hydrogen) atoms. The van der Waals surface area contributed by atoms with Crippen molar-refractivity contribution in [3.05, 3.63) is 30.1 Å². The summed E-state index contributed by atoms with van der Waals surface area (Å²) in [6.45, 7) is 6.72. The second-order valence-electron chi connectivity index (χ2n) is 3.96. The van der Waals surface area contributed by atoms with E-state index >= 15 is 0 Å². The lowest BCUT2D eigenvalue weighted by Gasteiger charge is -2.17. The summed E-state index contributed by atoms with van der Waals surface area (Å²) in [5.74, 6) is 0.894. The average Bonchev–Trinajstić information content (AvgIpc) is 2.84. The molecule has 1 aromatic heterocycles. The van der Waals surface area contributed by atoms with Crippen LogP contribution in [0.4, 0.5) is 0 Å². The summed E-state index contributed by atoms with van der Waals surface area (Å²) in [6.07, 6.45) is 0. The highest BCUT2D eigenvalue weighted by Gasteiger charge is 2.13. The molecular weight excluding hydrogens is 230 g/mol. The first-order valence-electron chi connectivity index (χ1n) is 6.04. The van der Waals surface area contributed by atoms with Crippen LogP contribution in [-0.2, 0) is 6.54 Å². The Balaban J connectivity index is 2.31. The number of benzene rings is 1. The van der Waals surface area contributed by atoms with Crippen molar-refractivity contribution in [1.29, 1.82) is 0 Å². The van der Waals surface area contributed by atoms with Gasteiger partial charge < -0.3 is 5.11 Å². The van der Waals surface area contributed by atoms with E-state index in [-0.39, 0.29) is 5.75 Å². The number of phenols is 1. The lowest BCUT2D eigenvalue weighted by atomic mass is 10.3. The van der Waals surface area contributed by atoms with Gasteiger partial charge in [-0.1, -0.05) is 26.0 Å². The van der Waals surface area contributed by atoms with Crippen LogP contribution < -0.4 is 0 Å². The van der Waals surface area contributed by atoms with Crippen LogP contribution in [0, 0.1) is 0 Å². The molecule has 2 aromatic rings. The zero-order valence-corrected chi connectivity index (χ0v) is 10.6. The molecular formula is C12H17N5O. The van der Waals surface area contributed by atoms with Crippen molar-refractivity contribution in [3.63, 3.8) is 0 Å². The van der Waals surface area contributed by atoms with Crippen molar-refractivity contribution in [2.24, 2.45) is 0 Å². The van der Waals surface area contributed by atoms with Gasteiger partial charge in [-0.3, -0.25) is 4.90 Å². The topological polar surface area (TPSA) is 67.1 Å². The van der Waals surface area contributed by atoms with Gasteiger partial charge in [-0.25, -0.2) is 0 Å². The van der Waals surface area contributed by atoms with Crippen LogP contribution in [-0.4, -0.2) is 43.3 Å². The Morgan fingerprint density at radius 1 is 1.22 bits per heavy atom. The Kier molecular flexibility index (Phi) is 3.88. The Morgan fingerprint density at radius 3 is 2.61 bits per heavy atom. The molecule has 1 aromatic carbocycles. The minimum absolute atomic E-state index is 0.172. The highest BCUT2D eigenvalue weighted by Crippen LogP contribution is 2.20. The largest absolute Gasteiger partial charge is 0.506 e. The summed E-state index contributed by atoms with van der Waals surface area (Å²) < 4.78 is 1.58. The van der Waals surface area contributed by atoms with Gasteiger partial charge in [0.25, 0.3) is 0 Å². The van der Waals surface area contributed by atoms with Gasteiger partial charge in [0.2, 0.25) is 0 Å². The summed E-state index contributed by atoms with van der Waals surface area (Å²) in [7, 11) is 0. The van der Waals surface area contributed by atoms with Crippen molar-refractivity contribution in [1.82, 2.24) is 25.1 Å². The number of rotatable bonds is 5. The molecule has 2 rings (SSSR count). The Bertz CT molecular complexity index is 507. The van der Waals surface area contributed by atoms with E-state index in [1.165, 1.54) is 0 Å². The summed E-state index contributed by atoms with van der Waals surface area (Å²) >= 11 is 0. The summed E-state index contributed by atoms with van der Waals surface area (Å²) in [6, 6.07) is 7.03. The highest BCUT2D eigenvalue weighted by atomic mass is 16.3. The van der Waals surface area contributed by atoms with E-state index in [0.29, 0.717) is 12.2 Å². The van der Waals surface area contributed by atoms with E-state index in [0.717, 1.165) is 18.9 Å². The summed E-state index contributed by atoms with van der Waals surface area (Å²) in [5.41, 5.74) is 0.602. The molecule has 0 aliphatic rings. The molecule has 0 spiro atoms. The summed E-state index contributed by atoms with van der Waals surface area (Å²) in [4.78, 5) is 2.21. The first kappa shape index (κ1) is 12.5. The van der Waals surface area contributed by atoms with Crippen LogP contribution in [0.5, 0.6) is 5.75 Å². The first-order chi connectivity index (χ1) is 8.76. The maximum absolute atomic E-state index is 9.83. The highest BCUT2D eigenvalue weighted by molar-refractivity contribution is 5.44. The Labute approximate surface area is 106 Å². The SMILES string of the molecule is CCN(CC)Cc1nnnn1-c1ccccc1O. The maximum Gasteiger partial charge on any atom is 0.170 e. The van der Waals surface area contributed by atoms with Gasteiger partial charge in [0.05, 0.1) is 6.54 Å². The molecule has 1 N–H and O–H groups in total. The van der Waals surface area contributed by atoms with Gasteiger partial charge in [0.15, 0.2) is 5.82 Å². The van der Waals surface area contributed by atoms with Crippen molar-refractivity contribution >= 4 is 0 Å². The molecule has 1 heterocycles. The van der Waals surface area contributed by atoms with Gasteiger partial charge >= 0.3 is 0 Å². The quantitative estimate of drug-likeness (QED) is 0.860. The third kappa shape index (κ3) is 2.48. The van der Waals surface area contributed by atoms with Crippen LogP contribution in [0.1, 0.15) is 19.7 Å². The van der Waals surface area contributed by atoms with Gasteiger partial charge in [0, 0.05) is 0 Å². The maximum atomic E-state index is 9.83. The van der Waals surface area contributed by atoms with Crippen molar-refractivity contribution < 1.29 is 5.11 Å². The van der Waals surface area contributed by atoms with Crippen LogP contribution in [0.25, 0.3) is 5.69 Å². The number of tetrazole rings is 1. The van der Waals surface area contributed by atoms with E-state index in [4.69, 9.17) is 0 Å². The van der Waals surface area contributed by atoms with Gasteiger partial charge in [-0.2, -0.15) is 4.68 Å². The predicted octanol–water partition coefficient (Wildman–Crippen LogP) is 1.21. The number of aromatic nitrogens is 4. The number of phenolic OH excluding ortho intramolecular Hbond substituents is 1. The monoisotopic (exact) mass is 247 g/mol. The van der Waals surface area contributed by atoms with Crippen LogP contribution in [0.2, 0.25) is 0 Å². The normalized spacial score (nSPS) is 11.1. The van der Waals surface area contributed by atoms with Crippen LogP contribution in [0.15, 0.2) is 24.3 Å². The number of para-hydroxylation sites is 2. The van der Waals surface area contributed by atoms with Gasteiger partial charge in [-0.05, 0) is 35.6 Å². The number of aromatic hydroxyl groups is 1. The van der Waals surface area contributed by atoms with Crippen LogP contribution >= 0.6 is 0 Å². The fraction of sp³-hybridized carbons (Fsp3) is 0.417. The van der Waals surface area contributed by atoms with E-state index in [9.17, 15) is 5.11 Å². The third-order valence-corrected chi connectivity index (χ3v) is 2.90. The Morgan fingerprint density at radius 2 is 1.94 bits per heavy atom. The van der Waals surface area contributed by atoms with E-state index in [1.54, 1.807) is 22.9 Å². The van der Waals surface area contributed by atoms with Crippen LogP contribution in [0.3, 0.4) is 0 Å². The molecule has 0 aliphatic carbocycles. The molecule has 0 bridgehead atoms. The average molecular weight is 247 g/mol.